The number of aromatic nitrogens is 2. The Morgan fingerprint density at radius 3 is 2.63 bits per heavy atom. The van der Waals surface area contributed by atoms with Crippen LogP contribution in [-0.2, 0) is 7.05 Å². The Morgan fingerprint density at radius 1 is 1.17 bits per heavy atom. The number of nitro benzene ring substituents is 1. The summed E-state index contributed by atoms with van der Waals surface area (Å²) in [6, 6.07) is 8.34. The van der Waals surface area contributed by atoms with E-state index in [2.05, 4.69) is 4.98 Å². The van der Waals surface area contributed by atoms with Gasteiger partial charge in [0.15, 0.2) is 0 Å². The number of fused-ring (bicyclic) bond motifs is 1. The van der Waals surface area contributed by atoms with Crippen molar-refractivity contribution < 1.29 is 14.1 Å². The molecule has 0 amide bonds. The zero-order valence-electron chi connectivity index (χ0n) is 15.9. The van der Waals surface area contributed by atoms with Crippen molar-refractivity contribution >= 4 is 28.2 Å². The van der Waals surface area contributed by atoms with Crippen LogP contribution >= 0.6 is 11.6 Å². The van der Waals surface area contributed by atoms with Crippen molar-refractivity contribution in [3.8, 4) is 22.6 Å². The van der Waals surface area contributed by atoms with Crippen molar-refractivity contribution in [2.24, 2.45) is 7.05 Å². The summed E-state index contributed by atoms with van der Waals surface area (Å²) in [6.45, 7) is 1.59. The minimum absolute atomic E-state index is 0.0595. The van der Waals surface area contributed by atoms with E-state index in [0.717, 1.165) is 6.07 Å². The summed E-state index contributed by atoms with van der Waals surface area (Å²) in [5.41, 5.74) is 1.37. The monoisotopic (exact) mass is 427 g/mol. The molecule has 152 valence electrons. The van der Waals surface area contributed by atoms with Crippen LogP contribution in [0.3, 0.4) is 0 Å². The van der Waals surface area contributed by atoms with Crippen molar-refractivity contribution in [3.63, 3.8) is 0 Å². The van der Waals surface area contributed by atoms with Gasteiger partial charge in [-0.3, -0.25) is 14.9 Å². The fraction of sp³-hybridized carbons (Fsp3) is 0.0952. The van der Waals surface area contributed by atoms with Crippen LogP contribution in [-0.4, -0.2) is 14.5 Å². The van der Waals surface area contributed by atoms with Crippen molar-refractivity contribution in [2.75, 3.05) is 0 Å². The number of hydrogen-bond donors (Lipinski definition) is 1. The molecule has 2 aromatic heterocycles. The molecule has 4 rings (SSSR count). The zero-order valence-corrected chi connectivity index (χ0v) is 16.7. The second-order valence-corrected chi connectivity index (χ2v) is 7.20. The number of nitrogens with zero attached hydrogens (tertiary/aromatic N) is 2. The van der Waals surface area contributed by atoms with Crippen LogP contribution in [0.4, 0.5) is 10.1 Å². The van der Waals surface area contributed by atoms with Crippen molar-refractivity contribution in [2.45, 2.75) is 6.92 Å². The van der Waals surface area contributed by atoms with Gasteiger partial charge in [0.2, 0.25) is 0 Å². The van der Waals surface area contributed by atoms with E-state index in [9.17, 15) is 19.3 Å². The molecule has 0 atom stereocenters. The second-order valence-electron chi connectivity index (χ2n) is 6.79. The Labute approximate surface area is 174 Å². The summed E-state index contributed by atoms with van der Waals surface area (Å²) >= 11 is 6.10. The van der Waals surface area contributed by atoms with Crippen molar-refractivity contribution in [1.82, 2.24) is 9.55 Å². The maximum absolute atomic E-state index is 13.4. The van der Waals surface area contributed by atoms with E-state index in [-0.39, 0.29) is 27.8 Å². The van der Waals surface area contributed by atoms with Gasteiger partial charge in [-0.05, 0) is 37.3 Å². The lowest BCUT2D eigenvalue weighted by Crippen LogP contribution is -2.16. The largest absolute Gasteiger partial charge is 0.455 e. The third-order valence-electron chi connectivity index (χ3n) is 4.79. The van der Waals surface area contributed by atoms with E-state index in [4.69, 9.17) is 16.3 Å². The van der Waals surface area contributed by atoms with Crippen molar-refractivity contribution in [1.29, 1.82) is 0 Å². The fourth-order valence-electron chi connectivity index (χ4n) is 3.32. The molecule has 2 aromatic carbocycles. The molecular weight excluding hydrogens is 413 g/mol. The minimum Gasteiger partial charge on any atom is -0.455 e. The molecule has 0 spiro atoms. The van der Waals surface area contributed by atoms with Crippen LogP contribution in [0.2, 0.25) is 5.02 Å². The zero-order chi connectivity index (χ0) is 21.6. The first-order valence-electron chi connectivity index (χ1n) is 8.85. The lowest BCUT2D eigenvalue weighted by molar-refractivity contribution is -0.385. The van der Waals surface area contributed by atoms with Crippen LogP contribution in [0, 0.1) is 22.9 Å². The Balaban J connectivity index is 2.00. The maximum atomic E-state index is 13.4. The lowest BCUT2D eigenvalue weighted by Gasteiger charge is -2.15. The van der Waals surface area contributed by atoms with E-state index in [1.807, 2.05) is 0 Å². The second kappa shape index (κ2) is 7.31. The number of hydrogen-bond acceptors (Lipinski definition) is 4. The third-order valence-corrected chi connectivity index (χ3v) is 5.09. The number of rotatable bonds is 4. The van der Waals surface area contributed by atoms with Gasteiger partial charge in [-0.2, -0.15) is 0 Å². The molecule has 0 saturated carbocycles. The lowest BCUT2D eigenvalue weighted by atomic mass is 10.00. The Kier molecular flexibility index (Phi) is 4.79. The molecule has 2 heterocycles. The summed E-state index contributed by atoms with van der Waals surface area (Å²) in [5, 5.41) is 12.2. The molecule has 0 radical (unpaired) electrons. The number of benzene rings is 2. The predicted octanol–water partition coefficient (Wildman–Crippen LogP) is 5.34. The van der Waals surface area contributed by atoms with Gasteiger partial charge in [-0.25, -0.2) is 4.39 Å². The SMILES string of the molecule is Cc1cc(Oc2ccc(F)cc2Cl)c(-c2cn(C)c(=O)c3[nH]ccc23)cc1[N+](=O)[O-]. The molecule has 0 saturated heterocycles. The molecule has 9 heteroatoms. The number of aromatic amines is 1. The molecule has 0 fully saturated rings. The highest BCUT2D eigenvalue weighted by molar-refractivity contribution is 6.32. The third kappa shape index (κ3) is 3.31. The van der Waals surface area contributed by atoms with Gasteiger partial charge >= 0.3 is 0 Å². The number of aryl methyl sites for hydroxylation is 2. The Hall–Kier alpha value is -3.65. The number of pyridine rings is 1. The first kappa shape index (κ1) is 19.7. The molecule has 7 nitrogen and oxygen atoms in total. The Morgan fingerprint density at radius 2 is 1.93 bits per heavy atom. The molecule has 0 unspecified atom stereocenters. The van der Waals surface area contributed by atoms with Crippen LogP contribution in [0.5, 0.6) is 11.5 Å². The quantitative estimate of drug-likeness (QED) is 0.352. The average molecular weight is 428 g/mol. The van der Waals surface area contributed by atoms with E-state index >= 15 is 0 Å². The van der Waals surface area contributed by atoms with Crippen LogP contribution in [0.15, 0.2) is 53.6 Å². The molecule has 4 aromatic rings. The number of nitrogens with one attached hydrogen (secondary N) is 1. The number of H-pyrrole nitrogens is 1. The van der Waals surface area contributed by atoms with Gasteiger partial charge in [-0.15, -0.1) is 0 Å². The predicted molar refractivity (Wildman–Crippen MR) is 112 cm³/mol. The Bertz CT molecular complexity index is 1380. The normalized spacial score (nSPS) is 11.1. The van der Waals surface area contributed by atoms with E-state index in [1.165, 1.54) is 28.8 Å². The highest BCUT2D eigenvalue weighted by Gasteiger charge is 2.21. The highest BCUT2D eigenvalue weighted by atomic mass is 35.5. The molecule has 0 aliphatic heterocycles. The topological polar surface area (TPSA) is 90.2 Å². The van der Waals surface area contributed by atoms with Gasteiger partial charge in [0.05, 0.1) is 9.95 Å². The average Bonchev–Trinajstić information content (AvgIpc) is 3.17. The van der Waals surface area contributed by atoms with Gasteiger partial charge < -0.3 is 14.3 Å². The van der Waals surface area contributed by atoms with Crippen LogP contribution < -0.4 is 10.3 Å². The molecular formula is C21H15ClFN3O4. The minimum atomic E-state index is -0.514. The van der Waals surface area contributed by atoms with Gasteiger partial charge in [-0.1, -0.05) is 11.6 Å². The van der Waals surface area contributed by atoms with Gasteiger partial charge in [0.25, 0.3) is 11.2 Å². The summed E-state index contributed by atoms with van der Waals surface area (Å²) in [4.78, 5) is 26.4. The first-order chi connectivity index (χ1) is 14.3. The summed E-state index contributed by atoms with van der Waals surface area (Å²) in [6.07, 6.45) is 3.21. The van der Waals surface area contributed by atoms with Gasteiger partial charge in [0, 0.05) is 47.6 Å². The van der Waals surface area contributed by atoms with Crippen LogP contribution in [0.1, 0.15) is 5.56 Å². The molecule has 30 heavy (non-hydrogen) atoms. The van der Waals surface area contributed by atoms with E-state index < -0.39 is 10.7 Å². The summed E-state index contributed by atoms with van der Waals surface area (Å²) < 4.78 is 20.7. The number of ether oxygens (including phenoxy) is 1. The van der Waals surface area contributed by atoms with Crippen LogP contribution in [0.25, 0.3) is 22.0 Å². The standard InChI is InChI=1S/C21H15ClFN3O4/c1-11-7-19(30-18-4-3-12(23)8-16(18)22)14(9-17(11)26(28)29)15-10-25(2)21(27)20-13(15)5-6-24-20/h3-10,24H,1-2H3. The molecule has 0 aliphatic rings. The first-order valence-corrected chi connectivity index (χ1v) is 9.23. The number of nitro groups is 1. The highest BCUT2D eigenvalue weighted by Crippen LogP contribution is 2.41. The molecule has 1 N–H and O–H groups in total. The van der Waals surface area contributed by atoms with Crippen molar-refractivity contribution in [3.05, 3.63) is 85.7 Å². The van der Waals surface area contributed by atoms with E-state index in [0.29, 0.717) is 27.6 Å². The summed E-state index contributed by atoms with van der Waals surface area (Å²) in [5.74, 6) is -0.0324. The number of halogens is 2. The summed E-state index contributed by atoms with van der Waals surface area (Å²) in [7, 11) is 1.59. The maximum Gasteiger partial charge on any atom is 0.274 e. The fourth-order valence-corrected chi connectivity index (χ4v) is 3.53. The smallest absolute Gasteiger partial charge is 0.274 e. The van der Waals surface area contributed by atoms with E-state index in [1.54, 1.807) is 32.4 Å². The molecule has 0 aliphatic carbocycles. The molecule has 0 bridgehead atoms. The van der Waals surface area contributed by atoms with Gasteiger partial charge in [0.1, 0.15) is 22.8 Å².